The number of methoxy groups -OCH3 is 1. The highest BCUT2D eigenvalue weighted by Gasteiger charge is 2.15. The lowest BCUT2D eigenvalue weighted by Gasteiger charge is -2.12. The van der Waals surface area contributed by atoms with Gasteiger partial charge in [0.1, 0.15) is 0 Å². The second-order valence-corrected chi connectivity index (χ2v) is 8.10. The molecule has 0 aromatic heterocycles. The van der Waals surface area contributed by atoms with Crippen molar-refractivity contribution in [1.29, 1.82) is 0 Å². The number of esters is 1. The van der Waals surface area contributed by atoms with Crippen LogP contribution in [0.15, 0.2) is 48.5 Å². The summed E-state index contributed by atoms with van der Waals surface area (Å²) in [6.07, 6.45) is 3.03. The minimum absolute atomic E-state index is 0.335. The van der Waals surface area contributed by atoms with E-state index in [4.69, 9.17) is 4.74 Å². The molecule has 3 aromatic rings. The quantitative estimate of drug-likeness (QED) is 0.457. The molecular weight excluding hydrogens is 402 g/mol. The summed E-state index contributed by atoms with van der Waals surface area (Å²) >= 11 is 0. The highest BCUT2D eigenvalue weighted by Crippen LogP contribution is 2.25. The van der Waals surface area contributed by atoms with Crippen LogP contribution in [0.5, 0.6) is 0 Å². The largest absolute Gasteiger partial charge is 0.465 e. The molecule has 163 valence electrons. The zero-order valence-electron chi connectivity index (χ0n) is 18.5. The number of benzene rings is 3. The van der Waals surface area contributed by atoms with Gasteiger partial charge in [-0.1, -0.05) is 30.3 Å². The number of fused-ring (bicyclic) bond motifs is 3. The van der Waals surface area contributed by atoms with Gasteiger partial charge in [-0.2, -0.15) is 0 Å². The number of rotatable bonds is 7. The maximum atomic E-state index is 12.4. The summed E-state index contributed by atoms with van der Waals surface area (Å²) in [6, 6.07) is 16.1. The van der Waals surface area contributed by atoms with Crippen LogP contribution in [0.3, 0.4) is 0 Å². The van der Waals surface area contributed by atoms with Crippen molar-refractivity contribution in [2.24, 2.45) is 0 Å². The van der Waals surface area contributed by atoms with E-state index in [2.05, 4.69) is 60.0 Å². The predicted octanol–water partition coefficient (Wildman–Crippen LogP) is 1.61. The van der Waals surface area contributed by atoms with Crippen molar-refractivity contribution in [3.8, 4) is 11.1 Å². The Morgan fingerprint density at radius 3 is 2.66 bits per heavy atom. The van der Waals surface area contributed by atoms with Crippen molar-refractivity contribution >= 4 is 34.9 Å². The number of nitrogens with one attached hydrogen (secondary N) is 1. The highest BCUT2D eigenvalue weighted by atomic mass is 16.5. The summed E-state index contributed by atoms with van der Waals surface area (Å²) in [6.45, 7) is 2.70. The summed E-state index contributed by atoms with van der Waals surface area (Å²) in [5, 5.41) is 10.5. The lowest BCUT2D eigenvalue weighted by molar-refractivity contribution is -0.114. The van der Waals surface area contributed by atoms with Gasteiger partial charge in [-0.15, -0.1) is 0 Å². The Hall–Kier alpha value is -3.48. The van der Waals surface area contributed by atoms with Gasteiger partial charge in [0.05, 0.1) is 12.7 Å². The maximum Gasteiger partial charge on any atom is 0.338 e. The second-order valence-electron chi connectivity index (χ2n) is 8.10. The van der Waals surface area contributed by atoms with Crippen LogP contribution in [0.2, 0.25) is 0 Å². The van der Waals surface area contributed by atoms with E-state index >= 15 is 0 Å². The number of hydrogen-bond acceptors (Lipinski definition) is 5. The number of carbonyl (C=O) groups is 2. The van der Waals surface area contributed by atoms with Gasteiger partial charge in [-0.3, -0.25) is 4.79 Å². The van der Waals surface area contributed by atoms with E-state index in [0.717, 1.165) is 46.8 Å². The normalized spacial score (nSPS) is 12.7. The number of nitrogens with zero attached hydrogens (tertiary/aromatic N) is 2. The van der Waals surface area contributed by atoms with E-state index in [1.165, 1.54) is 18.7 Å². The molecule has 1 amide bonds. The Bertz CT molecular complexity index is 1310. The molecule has 0 bridgehead atoms. The first-order valence-corrected chi connectivity index (χ1v) is 10.5. The van der Waals surface area contributed by atoms with Crippen molar-refractivity contribution in [3.05, 3.63) is 70.1 Å². The van der Waals surface area contributed by atoms with Crippen molar-refractivity contribution in [2.45, 2.75) is 6.54 Å². The number of ether oxygens (including phenoxy) is 1. The van der Waals surface area contributed by atoms with Gasteiger partial charge < -0.3 is 15.0 Å². The lowest BCUT2D eigenvalue weighted by Crippen LogP contribution is -2.34. The van der Waals surface area contributed by atoms with Gasteiger partial charge in [0, 0.05) is 37.1 Å². The minimum atomic E-state index is -0.431. The standard InChI is InChI=1S/C26H26N3O3/c1-29(2)10-9-27-15-17-5-4-6-18(11-17)19-7-8-21-22(12-19)24-16-28-25(30)14-20(24)13-23(21)26(31)32-3/h4-8,11-14,16,27H,9-10,15H2,1-3H3. The summed E-state index contributed by atoms with van der Waals surface area (Å²) in [5.41, 5.74) is 3.75. The van der Waals surface area contributed by atoms with Gasteiger partial charge >= 0.3 is 5.97 Å². The molecule has 6 heteroatoms. The van der Waals surface area contributed by atoms with Crippen LogP contribution in [0, 0.1) is 0 Å². The molecule has 6 nitrogen and oxygen atoms in total. The maximum absolute atomic E-state index is 12.4. The molecule has 0 unspecified atom stereocenters. The first-order valence-electron chi connectivity index (χ1n) is 10.5. The number of hydrogen-bond donors (Lipinski definition) is 1. The van der Waals surface area contributed by atoms with Crippen LogP contribution >= 0.6 is 0 Å². The van der Waals surface area contributed by atoms with E-state index < -0.39 is 5.97 Å². The van der Waals surface area contributed by atoms with E-state index in [-0.39, 0.29) is 5.91 Å². The summed E-state index contributed by atoms with van der Waals surface area (Å²) in [4.78, 5) is 26.4. The molecule has 1 aliphatic rings. The molecule has 0 saturated heterocycles. The average Bonchev–Trinajstić information content (AvgIpc) is 2.80. The van der Waals surface area contributed by atoms with Gasteiger partial charge in [0.15, 0.2) is 0 Å². The number of likely N-dealkylation sites (N-methyl/N-ethyl adjacent to an activating group) is 1. The fourth-order valence-electron chi connectivity index (χ4n) is 3.89. The number of amides is 1. The van der Waals surface area contributed by atoms with Crippen LogP contribution in [0.4, 0.5) is 0 Å². The summed E-state index contributed by atoms with van der Waals surface area (Å²) in [5.74, 6) is -0.766. The van der Waals surface area contributed by atoms with Crippen molar-refractivity contribution in [2.75, 3.05) is 34.3 Å². The van der Waals surface area contributed by atoms with Crippen molar-refractivity contribution in [3.63, 3.8) is 0 Å². The fraction of sp³-hybridized carbons (Fsp3) is 0.231. The zero-order valence-corrected chi connectivity index (χ0v) is 18.5. The molecule has 0 aliphatic carbocycles. The van der Waals surface area contributed by atoms with Gasteiger partial charge in [0.25, 0.3) is 5.91 Å². The van der Waals surface area contributed by atoms with Crippen molar-refractivity contribution in [1.82, 2.24) is 15.5 Å². The van der Waals surface area contributed by atoms with Gasteiger partial charge in [-0.25, -0.2) is 10.1 Å². The first kappa shape index (κ1) is 21.7. The molecule has 32 heavy (non-hydrogen) atoms. The van der Waals surface area contributed by atoms with Crippen LogP contribution in [-0.4, -0.2) is 51.1 Å². The first-order chi connectivity index (χ1) is 15.5. The Morgan fingerprint density at radius 1 is 1.06 bits per heavy atom. The van der Waals surface area contributed by atoms with Crippen LogP contribution in [0.25, 0.3) is 34.2 Å². The van der Waals surface area contributed by atoms with Gasteiger partial charge in [0.2, 0.25) is 0 Å². The summed E-state index contributed by atoms with van der Waals surface area (Å²) < 4.78 is 4.97. The molecule has 0 spiro atoms. The lowest BCUT2D eigenvalue weighted by atomic mass is 9.95. The van der Waals surface area contributed by atoms with E-state index in [1.807, 2.05) is 12.1 Å². The third kappa shape index (κ3) is 4.56. The van der Waals surface area contributed by atoms with E-state index in [0.29, 0.717) is 10.8 Å². The van der Waals surface area contributed by atoms with Crippen LogP contribution in [-0.2, 0) is 16.1 Å². The topological polar surface area (TPSA) is 72.7 Å². The molecule has 0 fully saturated rings. The molecule has 0 atom stereocenters. The molecule has 1 heterocycles. The predicted molar refractivity (Wildman–Crippen MR) is 126 cm³/mol. The van der Waals surface area contributed by atoms with E-state index in [9.17, 15) is 9.59 Å². The Kier molecular flexibility index (Phi) is 6.35. The Balaban J connectivity index is 1.76. The van der Waals surface area contributed by atoms with Crippen molar-refractivity contribution < 1.29 is 14.3 Å². The highest BCUT2D eigenvalue weighted by molar-refractivity contribution is 6.10. The molecule has 4 rings (SSSR count). The molecule has 1 radical (unpaired) electrons. The van der Waals surface area contributed by atoms with Crippen LogP contribution in [0.1, 0.15) is 15.9 Å². The SMILES string of the molecule is COC(=O)c1cc2c(c3cc(-c4cccc(CNCCN(C)C)c4)ccc13)=C[N]C(=O)C=2. The average molecular weight is 429 g/mol. The second kappa shape index (κ2) is 9.34. The minimum Gasteiger partial charge on any atom is -0.465 e. The van der Waals surface area contributed by atoms with Gasteiger partial charge in [-0.05, 0) is 65.0 Å². The van der Waals surface area contributed by atoms with E-state index in [1.54, 1.807) is 12.3 Å². The Labute approximate surface area is 187 Å². The molecular formula is C26H26N3O3. The molecule has 3 aromatic carbocycles. The van der Waals surface area contributed by atoms with Crippen LogP contribution < -0.4 is 21.1 Å². The summed E-state index contributed by atoms with van der Waals surface area (Å²) in [7, 11) is 5.48. The number of carbonyl (C=O) groups excluding carboxylic acids is 2. The third-order valence-electron chi connectivity index (χ3n) is 5.54. The molecule has 1 aliphatic heterocycles. The zero-order chi connectivity index (χ0) is 22.7. The fourth-order valence-corrected chi connectivity index (χ4v) is 3.89. The monoisotopic (exact) mass is 428 g/mol. The smallest absolute Gasteiger partial charge is 0.338 e. The molecule has 0 saturated carbocycles. The third-order valence-corrected chi connectivity index (χ3v) is 5.54. The molecule has 1 N–H and O–H groups in total. The Morgan fingerprint density at radius 2 is 1.88 bits per heavy atom.